The van der Waals surface area contributed by atoms with Crippen LogP contribution in [-0.2, 0) is 10.0 Å². The molecule has 24 heavy (non-hydrogen) atoms. The zero-order valence-corrected chi connectivity index (χ0v) is 13.7. The van der Waals surface area contributed by atoms with E-state index in [2.05, 4.69) is 0 Å². The molecule has 0 radical (unpaired) electrons. The molecular formula is C15H15FN2O5S. The lowest BCUT2D eigenvalue weighted by molar-refractivity contribution is 0.0944. The number of amides is 1. The van der Waals surface area contributed by atoms with Gasteiger partial charge in [-0.25, -0.2) is 12.8 Å². The number of carbonyl (C=O) groups is 1. The van der Waals surface area contributed by atoms with E-state index in [0.717, 1.165) is 12.1 Å². The molecule has 0 aliphatic rings. The zero-order chi connectivity index (χ0) is 17.7. The average molecular weight is 354 g/mol. The van der Waals surface area contributed by atoms with Crippen molar-refractivity contribution in [3.05, 3.63) is 53.8 Å². The maximum absolute atomic E-state index is 13.6. The Kier molecular flexibility index (Phi) is 5.37. The third-order valence-corrected chi connectivity index (χ3v) is 4.32. The van der Waals surface area contributed by atoms with Gasteiger partial charge < -0.3 is 9.47 Å². The highest BCUT2D eigenvalue weighted by Crippen LogP contribution is 2.22. The molecule has 0 fully saturated rings. The van der Waals surface area contributed by atoms with Gasteiger partial charge in [0.05, 0.1) is 14.2 Å². The summed E-state index contributed by atoms with van der Waals surface area (Å²) in [7, 11) is -1.42. The second-order valence-corrected chi connectivity index (χ2v) is 6.24. The summed E-state index contributed by atoms with van der Waals surface area (Å²) in [6, 6.07) is 9.16. The standard InChI is InChI=1S/C15H15FN2O5S/c1-22-11-7-10(8-12(9-11)23-2)15(19)17-18-24(20,21)14-6-4-3-5-13(14)16/h3-9,18H,1-2H3,(H,17,19). The summed E-state index contributed by atoms with van der Waals surface area (Å²) in [6.07, 6.45) is 0. The monoisotopic (exact) mass is 354 g/mol. The van der Waals surface area contributed by atoms with Crippen LogP contribution in [0.3, 0.4) is 0 Å². The molecule has 0 spiro atoms. The maximum Gasteiger partial charge on any atom is 0.266 e. The van der Waals surface area contributed by atoms with Gasteiger partial charge >= 0.3 is 0 Å². The molecule has 0 saturated carbocycles. The summed E-state index contributed by atoms with van der Waals surface area (Å²) < 4.78 is 47.7. The molecule has 0 aliphatic carbocycles. The Hall–Kier alpha value is -2.65. The van der Waals surface area contributed by atoms with Crippen molar-refractivity contribution in [3.63, 3.8) is 0 Å². The predicted molar refractivity (Wildman–Crippen MR) is 83.7 cm³/mol. The van der Waals surface area contributed by atoms with Crippen LogP contribution in [0.25, 0.3) is 0 Å². The first-order valence-corrected chi connectivity index (χ1v) is 8.15. The van der Waals surface area contributed by atoms with Crippen molar-refractivity contribution in [2.24, 2.45) is 0 Å². The lowest BCUT2D eigenvalue weighted by Crippen LogP contribution is -2.41. The van der Waals surface area contributed by atoms with Crippen LogP contribution in [0.15, 0.2) is 47.4 Å². The minimum atomic E-state index is -4.24. The lowest BCUT2D eigenvalue weighted by Gasteiger charge is -2.11. The number of hydrogen-bond acceptors (Lipinski definition) is 5. The molecule has 0 aliphatic heterocycles. The molecule has 0 unspecified atom stereocenters. The van der Waals surface area contributed by atoms with E-state index in [9.17, 15) is 17.6 Å². The molecule has 0 heterocycles. The summed E-state index contributed by atoms with van der Waals surface area (Å²) in [5, 5.41) is 0. The number of carbonyl (C=O) groups excluding carboxylic acids is 1. The van der Waals surface area contributed by atoms with E-state index in [1.807, 2.05) is 10.3 Å². The van der Waals surface area contributed by atoms with Crippen molar-refractivity contribution in [2.75, 3.05) is 14.2 Å². The first kappa shape index (κ1) is 17.7. The second-order valence-electron chi connectivity index (χ2n) is 4.59. The van der Waals surface area contributed by atoms with Crippen LogP contribution in [0.5, 0.6) is 11.5 Å². The molecule has 7 nitrogen and oxygen atoms in total. The van der Waals surface area contributed by atoms with Gasteiger partial charge in [-0.05, 0) is 24.3 Å². The number of sulfonamides is 1. The number of hydrogen-bond donors (Lipinski definition) is 2. The summed E-state index contributed by atoms with van der Waals surface area (Å²) >= 11 is 0. The predicted octanol–water partition coefficient (Wildman–Crippen LogP) is 1.47. The molecule has 0 saturated heterocycles. The van der Waals surface area contributed by atoms with E-state index in [0.29, 0.717) is 11.5 Å². The Morgan fingerprint density at radius 2 is 1.62 bits per heavy atom. The highest BCUT2D eigenvalue weighted by molar-refractivity contribution is 7.89. The van der Waals surface area contributed by atoms with Gasteiger partial charge in [0.25, 0.3) is 15.9 Å². The number of hydrazine groups is 1. The van der Waals surface area contributed by atoms with Crippen molar-refractivity contribution >= 4 is 15.9 Å². The quantitative estimate of drug-likeness (QED) is 0.766. The van der Waals surface area contributed by atoms with Crippen LogP contribution in [0.1, 0.15) is 10.4 Å². The Balaban J connectivity index is 2.17. The number of methoxy groups -OCH3 is 2. The van der Waals surface area contributed by atoms with E-state index >= 15 is 0 Å². The van der Waals surface area contributed by atoms with Gasteiger partial charge in [-0.3, -0.25) is 10.2 Å². The third kappa shape index (κ3) is 4.00. The summed E-state index contributed by atoms with van der Waals surface area (Å²) in [5.41, 5.74) is 2.11. The molecule has 2 N–H and O–H groups in total. The van der Waals surface area contributed by atoms with Gasteiger partial charge in [-0.2, -0.15) is 0 Å². The lowest BCUT2D eigenvalue weighted by atomic mass is 10.2. The molecule has 1 amide bonds. The topological polar surface area (TPSA) is 93.7 Å². The first-order chi connectivity index (χ1) is 11.4. The van der Waals surface area contributed by atoms with Crippen molar-refractivity contribution in [1.82, 2.24) is 10.3 Å². The van der Waals surface area contributed by atoms with Crippen LogP contribution in [0.2, 0.25) is 0 Å². The molecule has 2 rings (SSSR count). The first-order valence-electron chi connectivity index (χ1n) is 6.67. The Morgan fingerprint density at radius 3 is 2.17 bits per heavy atom. The molecule has 0 atom stereocenters. The summed E-state index contributed by atoms with van der Waals surface area (Å²) in [4.78, 5) is 13.4. The van der Waals surface area contributed by atoms with Gasteiger partial charge in [0, 0.05) is 11.6 Å². The van der Waals surface area contributed by atoms with Crippen LogP contribution in [-0.4, -0.2) is 28.5 Å². The molecular weight excluding hydrogens is 339 g/mol. The number of halogens is 1. The van der Waals surface area contributed by atoms with Crippen molar-refractivity contribution < 1.29 is 27.1 Å². The maximum atomic E-state index is 13.6. The smallest absolute Gasteiger partial charge is 0.266 e. The average Bonchev–Trinajstić information content (AvgIpc) is 2.59. The number of nitrogens with one attached hydrogen (secondary N) is 2. The Morgan fingerprint density at radius 1 is 1.04 bits per heavy atom. The van der Waals surface area contributed by atoms with E-state index in [-0.39, 0.29) is 5.56 Å². The van der Waals surface area contributed by atoms with Gasteiger partial charge in [-0.15, -0.1) is 4.83 Å². The van der Waals surface area contributed by atoms with E-state index in [1.165, 1.54) is 38.5 Å². The normalized spacial score (nSPS) is 11.0. The number of ether oxygens (including phenoxy) is 2. The van der Waals surface area contributed by atoms with Crippen molar-refractivity contribution in [3.8, 4) is 11.5 Å². The van der Waals surface area contributed by atoms with E-state index in [1.54, 1.807) is 6.07 Å². The number of benzene rings is 2. The zero-order valence-electron chi connectivity index (χ0n) is 12.9. The minimum Gasteiger partial charge on any atom is -0.497 e. The SMILES string of the molecule is COc1cc(OC)cc(C(=O)NNS(=O)(=O)c2ccccc2F)c1. The highest BCUT2D eigenvalue weighted by Gasteiger charge is 2.20. The van der Waals surface area contributed by atoms with Gasteiger partial charge in [-0.1, -0.05) is 12.1 Å². The molecule has 2 aromatic carbocycles. The molecule has 0 bridgehead atoms. The molecule has 9 heteroatoms. The van der Waals surface area contributed by atoms with Gasteiger partial charge in [0.2, 0.25) is 0 Å². The van der Waals surface area contributed by atoms with Crippen LogP contribution < -0.4 is 19.7 Å². The Labute approximate surface area is 138 Å². The van der Waals surface area contributed by atoms with Gasteiger partial charge in [0.1, 0.15) is 22.2 Å². The van der Waals surface area contributed by atoms with Crippen LogP contribution in [0.4, 0.5) is 4.39 Å². The van der Waals surface area contributed by atoms with Crippen LogP contribution in [0, 0.1) is 5.82 Å². The van der Waals surface area contributed by atoms with Crippen LogP contribution >= 0.6 is 0 Å². The summed E-state index contributed by atoms with van der Waals surface area (Å²) in [5.74, 6) is -0.970. The highest BCUT2D eigenvalue weighted by atomic mass is 32.2. The van der Waals surface area contributed by atoms with E-state index < -0.39 is 26.6 Å². The second kappa shape index (κ2) is 7.28. The van der Waals surface area contributed by atoms with Crippen molar-refractivity contribution in [2.45, 2.75) is 4.90 Å². The molecule has 128 valence electrons. The molecule has 2 aromatic rings. The molecule has 0 aromatic heterocycles. The van der Waals surface area contributed by atoms with Gasteiger partial charge in [0.15, 0.2) is 0 Å². The largest absolute Gasteiger partial charge is 0.497 e. The fraction of sp³-hybridized carbons (Fsp3) is 0.133. The van der Waals surface area contributed by atoms with E-state index in [4.69, 9.17) is 9.47 Å². The third-order valence-electron chi connectivity index (χ3n) is 3.04. The number of rotatable bonds is 6. The minimum absolute atomic E-state index is 0.0995. The fourth-order valence-corrected chi connectivity index (χ4v) is 2.76. The van der Waals surface area contributed by atoms with Crippen molar-refractivity contribution in [1.29, 1.82) is 0 Å². The summed E-state index contributed by atoms with van der Waals surface area (Å²) in [6.45, 7) is 0. The Bertz CT molecular complexity index is 832. The fourth-order valence-electron chi connectivity index (χ4n) is 1.84.